The number of benzene rings is 2. The Kier molecular flexibility index (Phi) is 13.8. The number of carboxylic acids is 1. The van der Waals surface area contributed by atoms with Gasteiger partial charge >= 0.3 is 11.9 Å². The quantitative estimate of drug-likeness (QED) is 0.111. The van der Waals surface area contributed by atoms with Gasteiger partial charge in [-0.15, -0.1) is 0 Å². The van der Waals surface area contributed by atoms with Crippen molar-refractivity contribution in [2.24, 2.45) is 0 Å². The van der Waals surface area contributed by atoms with Crippen molar-refractivity contribution in [3.63, 3.8) is 0 Å². The number of nitrogens with one attached hydrogen (secondary N) is 2. The molecular formula is C31H40N2O11S. The van der Waals surface area contributed by atoms with Crippen LogP contribution in [0.1, 0.15) is 36.5 Å². The number of carboxylic acid groups (broad SMARTS) is 1. The number of carbonyl (C=O) groups excluding carboxylic acids is 3. The summed E-state index contributed by atoms with van der Waals surface area (Å²) in [4.78, 5) is 48.3. The topological polar surface area (TPSA) is 201 Å². The van der Waals surface area contributed by atoms with Crippen molar-refractivity contribution in [1.29, 1.82) is 0 Å². The van der Waals surface area contributed by atoms with Crippen LogP contribution in [-0.4, -0.2) is 112 Å². The average Bonchev–Trinajstić information content (AvgIpc) is 3.03. The van der Waals surface area contributed by atoms with Crippen molar-refractivity contribution >= 4 is 35.5 Å². The summed E-state index contributed by atoms with van der Waals surface area (Å²) in [5.41, 5.74) is 2.21. The van der Waals surface area contributed by atoms with E-state index < -0.39 is 73.0 Å². The Morgan fingerprint density at radius 1 is 1.04 bits per heavy atom. The molecule has 1 fully saturated rings. The lowest BCUT2D eigenvalue weighted by Gasteiger charge is -2.47. The van der Waals surface area contributed by atoms with Gasteiger partial charge in [-0.3, -0.25) is 14.4 Å². The van der Waals surface area contributed by atoms with Gasteiger partial charge in [0.1, 0.15) is 12.2 Å². The molecule has 14 heteroatoms. The first-order chi connectivity index (χ1) is 21.5. The molecule has 1 saturated heterocycles. The fourth-order valence-electron chi connectivity index (χ4n) is 4.84. The molecule has 2 amide bonds. The highest BCUT2D eigenvalue weighted by Gasteiger charge is 2.56. The summed E-state index contributed by atoms with van der Waals surface area (Å²) in [5, 5.41) is 46.8. The maximum Gasteiger partial charge on any atom is 0.366 e. The number of aliphatic carboxylic acids is 1. The van der Waals surface area contributed by atoms with Crippen LogP contribution in [0.2, 0.25) is 0 Å². The highest BCUT2D eigenvalue weighted by atomic mass is 32.2. The van der Waals surface area contributed by atoms with Crippen molar-refractivity contribution in [1.82, 2.24) is 10.6 Å². The number of hydrogen-bond donors (Lipinski definition) is 6. The number of amides is 2. The van der Waals surface area contributed by atoms with Crippen molar-refractivity contribution in [3.8, 4) is 11.1 Å². The summed E-state index contributed by atoms with van der Waals surface area (Å²) in [6.07, 6.45) is -6.53. The van der Waals surface area contributed by atoms with Gasteiger partial charge in [-0.1, -0.05) is 42.5 Å². The van der Waals surface area contributed by atoms with E-state index in [0.29, 0.717) is 23.5 Å². The van der Waals surface area contributed by atoms with Gasteiger partial charge in [0.05, 0.1) is 38.4 Å². The average molecular weight is 649 g/mol. The van der Waals surface area contributed by atoms with E-state index in [1.165, 1.54) is 18.7 Å². The highest BCUT2D eigenvalue weighted by Crippen LogP contribution is 2.34. The molecule has 246 valence electrons. The van der Waals surface area contributed by atoms with E-state index in [1.54, 1.807) is 24.3 Å². The predicted molar refractivity (Wildman–Crippen MR) is 164 cm³/mol. The number of thioether (sulfide) groups is 1. The zero-order valence-electron chi connectivity index (χ0n) is 25.1. The van der Waals surface area contributed by atoms with Crippen molar-refractivity contribution in [3.05, 3.63) is 60.2 Å². The molecule has 1 unspecified atom stereocenters. The van der Waals surface area contributed by atoms with Gasteiger partial charge in [-0.25, -0.2) is 4.79 Å². The second kappa shape index (κ2) is 17.2. The Morgan fingerprint density at radius 3 is 2.33 bits per heavy atom. The Balaban J connectivity index is 1.68. The van der Waals surface area contributed by atoms with Crippen LogP contribution in [0.15, 0.2) is 54.6 Å². The first-order valence-corrected chi connectivity index (χ1v) is 15.6. The molecule has 0 bridgehead atoms. The maximum absolute atomic E-state index is 12.9. The smallest absolute Gasteiger partial charge is 0.366 e. The first kappa shape index (κ1) is 35.9. The number of rotatable bonds is 16. The largest absolute Gasteiger partial charge is 0.481 e. The summed E-state index contributed by atoms with van der Waals surface area (Å²) < 4.78 is 16.6. The number of ether oxygens (including phenoxy) is 3. The number of methoxy groups -OCH3 is 1. The summed E-state index contributed by atoms with van der Waals surface area (Å²) in [5.74, 6) is -4.26. The zero-order chi connectivity index (χ0) is 33.0. The third-order valence-corrected chi connectivity index (χ3v) is 8.19. The van der Waals surface area contributed by atoms with Crippen molar-refractivity contribution in [2.75, 3.05) is 31.8 Å². The molecule has 1 aliphatic heterocycles. The van der Waals surface area contributed by atoms with Gasteiger partial charge in [-0.2, -0.15) is 11.8 Å². The minimum Gasteiger partial charge on any atom is -0.481 e. The third-order valence-electron chi connectivity index (χ3n) is 7.12. The molecule has 0 aliphatic carbocycles. The zero-order valence-corrected chi connectivity index (χ0v) is 25.9. The van der Waals surface area contributed by atoms with Crippen molar-refractivity contribution < 1.29 is 53.8 Å². The lowest BCUT2D eigenvalue weighted by Crippen LogP contribution is -2.68. The van der Waals surface area contributed by atoms with Crippen LogP contribution in [0.25, 0.3) is 11.1 Å². The molecule has 3 rings (SSSR count). The van der Waals surface area contributed by atoms with E-state index >= 15 is 0 Å². The van der Waals surface area contributed by atoms with Gasteiger partial charge in [0, 0.05) is 31.2 Å². The molecule has 1 aliphatic rings. The molecule has 1 heterocycles. The second-order valence-corrected chi connectivity index (χ2v) is 11.7. The number of aliphatic hydroxyl groups is 3. The van der Waals surface area contributed by atoms with Gasteiger partial charge < -0.3 is 45.3 Å². The Bertz CT molecular complexity index is 1280. The molecule has 13 nitrogen and oxygen atoms in total. The SMILES string of the molecule is COC(=O)[C@@]1(OCCCSCCC(=O)O)C[C@@H](O)[C@@H](NC(C)=O)C([C@H](O)[C@H](O)CNC(=O)c2ccc(-c3ccccc3)cc2)O1. The van der Waals surface area contributed by atoms with E-state index in [2.05, 4.69) is 10.6 Å². The summed E-state index contributed by atoms with van der Waals surface area (Å²) in [6.45, 7) is 0.719. The molecule has 2 aromatic carbocycles. The van der Waals surface area contributed by atoms with Gasteiger partial charge in [0.25, 0.3) is 11.7 Å². The third kappa shape index (κ3) is 10.2. The Labute approximate surface area is 265 Å². The predicted octanol–water partition coefficient (Wildman–Crippen LogP) is 0.944. The van der Waals surface area contributed by atoms with E-state index in [-0.39, 0.29) is 13.0 Å². The molecule has 6 N–H and O–H groups in total. The minimum atomic E-state index is -2.18. The van der Waals surface area contributed by atoms with Crippen LogP contribution >= 0.6 is 11.8 Å². The summed E-state index contributed by atoms with van der Waals surface area (Å²) in [7, 11) is 1.09. The number of hydrogen-bond acceptors (Lipinski definition) is 11. The van der Waals surface area contributed by atoms with Gasteiger partial charge in [0.2, 0.25) is 5.91 Å². The van der Waals surface area contributed by atoms with Crippen molar-refractivity contribution in [2.45, 2.75) is 62.4 Å². The molecule has 0 saturated carbocycles. The minimum absolute atomic E-state index is 0.000347. The van der Waals surface area contributed by atoms with E-state index in [0.717, 1.165) is 18.2 Å². The highest BCUT2D eigenvalue weighted by molar-refractivity contribution is 7.99. The van der Waals surface area contributed by atoms with Crippen LogP contribution in [-0.2, 0) is 28.6 Å². The number of aliphatic hydroxyl groups excluding tert-OH is 3. The van der Waals surface area contributed by atoms with E-state index in [4.69, 9.17) is 19.3 Å². The molecule has 2 aromatic rings. The van der Waals surface area contributed by atoms with Crippen LogP contribution < -0.4 is 10.6 Å². The molecular weight excluding hydrogens is 608 g/mol. The molecule has 0 radical (unpaired) electrons. The fraction of sp³-hybridized carbons (Fsp3) is 0.484. The monoisotopic (exact) mass is 648 g/mol. The lowest BCUT2D eigenvalue weighted by atomic mass is 9.88. The van der Waals surface area contributed by atoms with E-state index in [9.17, 15) is 34.5 Å². The van der Waals surface area contributed by atoms with Crippen LogP contribution in [0.5, 0.6) is 0 Å². The maximum atomic E-state index is 12.9. The normalized spacial score (nSPS) is 22.6. The summed E-state index contributed by atoms with van der Waals surface area (Å²) >= 11 is 1.38. The number of esters is 1. The first-order valence-electron chi connectivity index (χ1n) is 14.4. The van der Waals surface area contributed by atoms with Crippen LogP contribution in [0.3, 0.4) is 0 Å². The lowest BCUT2D eigenvalue weighted by molar-refractivity contribution is -0.311. The molecule has 0 aromatic heterocycles. The molecule has 0 spiro atoms. The van der Waals surface area contributed by atoms with Crippen LogP contribution in [0.4, 0.5) is 0 Å². The Morgan fingerprint density at radius 2 is 1.71 bits per heavy atom. The fourth-order valence-corrected chi connectivity index (χ4v) is 5.68. The van der Waals surface area contributed by atoms with Crippen LogP contribution in [0, 0.1) is 0 Å². The Hall–Kier alpha value is -3.53. The number of carbonyl (C=O) groups is 4. The second-order valence-electron chi connectivity index (χ2n) is 10.5. The molecule has 45 heavy (non-hydrogen) atoms. The van der Waals surface area contributed by atoms with Gasteiger partial charge in [0.15, 0.2) is 0 Å². The van der Waals surface area contributed by atoms with Gasteiger partial charge in [-0.05, 0) is 35.4 Å². The summed E-state index contributed by atoms with van der Waals surface area (Å²) in [6, 6.07) is 15.2. The van der Waals surface area contributed by atoms with E-state index in [1.807, 2.05) is 30.3 Å². The molecule has 6 atom stereocenters. The standard InChI is InChI=1S/C31H40N2O11S/c1-19(34)33-26-23(35)17-31(30(41)42-2,43-14-6-15-45-16-13-25(37)38)44-28(26)27(39)24(36)18-32-29(40)22-11-9-21(10-12-22)20-7-4-3-5-8-20/h3-5,7-12,23-24,26-28,35-36,39H,6,13-18H2,1-2H3,(H,32,40)(H,33,34)(H,37,38)/t23-,24-,26-,27-,28?,31-/m1/s1.